The van der Waals surface area contributed by atoms with Gasteiger partial charge in [0.25, 0.3) is 17.5 Å². The molecule has 1 aromatic carbocycles. The zero-order chi connectivity index (χ0) is 19.9. The molecule has 0 atom stereocenters. The van der Waals surface area contributed by atoms with Crippen LogP contribution < -0.4 is 0 Å². The lowest BCUT2D eigenvalue weighted by atomic mass is 10.1. The van der Waals surface area contributed by atoms with Gasteiger partial charge in [0.1, 0.15) is 17.1 Å². The first-order valence-electron chi connectivity index (χ1n) is 7.87. The molecule has 0 N–H and O–H groups in total. The van der Waals surface area contributed by atoms with Crippen molar-refractivity contribution in [3.63, 3.8) is 0 Å². The topological polar surface area (TPSA) is 96.9 Å². The van der Waals surface area contributed by atoms with E-state index in [1.54, 1.807) is 31.2 Å². The third-order valence-corrected chi connectivity index (χ3v) is 4.80. The Morgan fingerprint density at radius 2 is 1.74 bits per heavy atom. The molecule has 0 saturated carbocycles. The minimum Gasteiger partial charge on any atom is -0.457 e. The smallest absolute Gasteiger partial charge is 0.273 e. The Kier molecular flexibility index (Phi) is 4.63. The SMILES string of the molecule is Cc1ccc(-c2ccc(C=C3C(=O)N(C)C(=S)N(C)C3=O)o2)cc1[N+](=O)[O-]. The molecule has 0 aliphatic carbocycles. The number of hydrogen-bond acceptors (Lipinski definition) is 6. The highest BCUT2D eigenvalue weighted by atomic mass is 32.1. The van der Waals surface area contributed by atoms with Gasteiger partial charge >= 0.3 is 0 Å². The number of nitrogens with zero attached hydrogens (tertiary/aromatic N) is 3. The average Bonchev–Trinajstić information content (AvgIpc) is 3.11. The van der Waals surface area contributed by atoms with E-state index in [1.165, 1.54) is 36.0 Å². The minimum absolute atomic E-state index is 0.0156. The lowest BCUT2D eigenvalue weighted by Crippen LogP contribution is -2.52. The van der Waals surface area contributed by atoms with Crippen molar-refractivity contribution in [1.29, 1.82) is 0 Å². The summed E-state index contributed by atoms with van der Waals surface area (Å²) in [6, 6.07) is 7.96. The third-order valence-electron chi connectivity index (χ3n) is 4.25. The normalized spacial score (nSPS) is 14.8. The van der Waals surface area contributed by atoms with Crippen molar-refractivity contribution in [2.24, 2.45) is 0 Å². The Morgan fingerprint density at radius 3 is 2.33 bits per heavy atom. The van der Waals surface area contributed by atoms with Crippen LogP contribution in [0.1, 0.15) is 11.3 Å². The van der Waals surface area contributed by atoms with E-state index in [0.29, 0.717) is 16.9 Å². The number of nitro benzene ring substituents is 1. The van der Waals surface area contributed by atoms with Crippen molar-refractivity contribution in [2.45, 2.75) is 6.92 Å². The van der Waals surface area contributed by atoms with E-state index < -0.39 is 16.7 Å². The lowest BCUT2D eigenvalue weighted by Gasteiger charge is -2.31. The zero-order valence-corrected chi connectivity index (χ0v) is 15.6. The van der Waals surface area contributed by atoms with Gasteiger partial charge in [-0.2, -0.15) is 0 Å². The molecule has 1 saturated heterocycles. The van der Waals surface area contributed by atoms with Crippen LogP contribution >= 0.6 is 12.2 Å². The van der Waals surface area contributed by atoms with Crippen molar-refractivity contribution in [3.05, 3.63) is 57.3 Å². The second kappa shape index (κ2) is 6.76. The Morgan fingerprint density at radius 1 is 1.11 bits per heavy atom. The Bertz CT molecular complexity index is 998. The van der Waals surface area contributed by atoms with Crippen LogP contribution in [0.5, 0.6) is 0 Å². The van der Waals surface area contributed by atoms with Crippen molar-refractivity contribution in [3.8, 4) is 11.3 Å². The zero-order valence-electron chi connectivity index (χ0n) is 14.8. The fourth-order valence-electron chi connectivity index (χ4n) is 2.66. The number of furan rings is 1. The van der Waals surface area contributed by atoms with Crippen LogP contribution in [0.4, 0.5) is 5.69 Å². The first-order chi connectivity index (χ1) is 12.7. The largest absolute Gasteiger partial charge is 0.457 e. The molecule has 1 aliphatic rings. The predicted molar refractivity (Wildman–Crippen MR) is 102 cm³/mol. The quantitative estimate of drug-likeness (QED) is 0.265. The van der Waals surface area contributed by atoms with Crippen LogP contribution in [0.3, 0.4) is 0 Å². The summed E-state index contributed by atoms with van der Waals surface area (Å²) >= 11 is 5.04. The molecular formula is C18H15N3O5S. The van der Waals surface area contributed by atoms with Crippen molar-refractivity contribution in [2.75, 3.05) is 14.1 Å². The number of hydrogen-bond donors (Lipinski definition) is 0. The maximum atomic E-state index is 12.3. The van der Waals surface area contributed by atoms with Crippen molar-refractivity contribution >= 4 is 40.9 Å². The maximum Gasteiger partial charge on any atom is 0.273 e. The molecule has 0 unspecified atom stereocenters. The molecule has 1 aliphatic heterocycles. The summed E-state index contributed by atoms with van der Waals surface area (Å²) in [6.07, 6.45) is 1.34. The summed E-state index contributed by atoms with van der Waals surface area (Å²) in [6.45, 7) is 1.65. The van der Waals surface area contributed by atoms with Crippen LogP contribution in [0.25, 0.3) is 17.4 Å². The summed E-state index contributed by atoms with van der Waals surface area (Å²) < 4.78 is 5.67. The van der Waals surface area contributed by atoms with E-state index in [2.05, 4.69) is 0 Å². The summed E-state index contributed by atoms with van der Waals surface area (Å²) in [5.41, 5.74) is 0.967. The number of aryl methyl sites for hydroxylation is 1. The molecule has 8 nitrogen and oxygen atoms in total. The Labute approximate surface area is 159 Å². The number of thiocarbonyl (C=S) groups is 1. The summed E-state index contributed by atoms with van der Waals surface area (Å²) in [7, 11) is 2.97. The fourth-order valence-corrected chi connectivity index (χ4v) is 2.83. The number of rotatable bonds is 3. The molecule has 2 heterocycles. The summed E-state index contributed by atoms with van der Waals surface area (Å²) in [5.74, 6) is -0.378. The molecule has 2 aromatic rings. The highest BCUT2D eigenvalue weighted by molar-refractivity contribution is 7.80. The fraction of sp³-hybridized carbons (Fsp3) is 0.167. The molecule has 0 bridgehead atoms. The van der Waals surface area contributed by atoms with Gasteiger partial charge in [-0.3, -0.25) is 29.5 Å². The van der Waals surface area contributed by atoms with Crippen LogP contribution in [-0.4, -0.2) is 45.7 Å². The van der Waals surface area contributed by atoms with Gasteiger partial charge in [-0.15, -0.1) is 0 Å². The molecule has 1 aromatic heterocycles. The van der Waals surface area contributed by atoms with Gasteiger partial charge in [-0.1, -0.05) is 12.1 Å². The molecular weight excluding hydrogens is 370 g/mol. The maximum absolute atomic E-state index is 12.3. The molecule has 9 heteroatoms. The standard InChI is InChI=1S/C18H15N3O5S/c1-10-4-5-11(8-14(10)21(24)25)15-7-6-12(26-15)9-13-16(22)19(2)18(27)20(3)17(13)23/h4-9H,1-3H3. The third kappa shape index (κ3) is 3.24. The summed E-state index contributed by atoms with van der Waals surface area (Å²) in [5, 5.41) is 11.2. The predicted octanol–water partition coefficient (Wildman–Crippen LogP) is 2.76. The van der Waals surface area contributed by atoms with E-state index in [1.807, 2.05) is 0 Å². The average molecular weight is 385 g/mol. The molecule has 27 heavy (non-hydrogen) atoms. The van der Waals surface area contributed by atoms with Gasteiger partial charge in [0, 0.05) is 31.3 Å². The van der Waals surface area contributed by atoms with Gasteiger partial charge in [0.15, 0.2) is 5.11 Å². The van der Waals surface area contributed by atoms with E-state index in [0.717, 1.165) is 0 Å². The molecule has 138 valence electrons. The monoisotopic (exact) mass is 385 g/mol. The number of carbonyl (C=O) groups excluding carboxylic acids is 2. The van der Waals surface area contributed by atoms with Gasteiger partial charge in [0.05, 0.1) is 4.92 Å². The minimum atomic E-state index is -0.521. The molecule has 3 rings (SSSR count). The van der Waals surface area contributed by atoms with Gasteiger partial charge in [-0.25, -0.2) is 0 Å². The molecule has 1 fully saturated rings. The van der Waals surface area contributed by atoms with Crippen LogP contribution in [0, 0.1) is 17.0 Å². The molecule has 0 spiro atoms. The Balaban J connectivity index is 1.97. The number of carbonyl (C=O) groups is 2. The number of likely N-dealkylation sites (N-methyl/N-ethyl adjacent to an activating group) is 2. The van der Waals surface area contributed by atoms with Crippen LogP contribution in [0.2, 0.25) is 0 Å². The van der Waals surface area contributed by atoms with E-state index in [-0.39, 0.29) is 22.1 Å². The van der Waals surface area contributed by atoms with Crippen LogP contribution in [0.15, 0.2) is 40.3 Å². The summed E-state index contributed by atoms with van der Waals surface area (Å²) in [4.78, 5) is 37.7. The van der Waals surface area contributed by atoms with Crippen LogP contribution in [-0.2, 0) is 9.59 Å². The molecule has 2 amide bonds. The highest BCUT2D eigenvalue weighted by Gasteiger charge is 2.35. The number of amides is 2. The van der Waals surface area contributed by atoms with Gasteiger partial charge in [0.2, 0.25) is 0 Å². The number of nitro groups is 1. The van der Waals surface area contributed by atoms with E-state index in [4.69, 9.17) is 16.6 Å². The van der Waals surface area contributed by atoms with E-state index in [9.17, 15) is 19.7 Å². The van der Waals surface area contributed by atoms with Gasteiger partial charge in [-0.05, 0) is 37.4 Å². The van der Waals surface area contributed by atoms with Crippen molar-refractivity contribution < 1.29 is 18.9 Å². The lowest BCUT2D eigenvalue weighted by molar-refractivity contribution is -0.385. The van der Waals surface area contributed by atoms with E-state index >= 15 is 0 Å². The van der Waals surface area contributed by atoms with Gasteiger partial charge < -0.3 is 4.42 Å². The number of benzene rings is 1. The highest BCUT2D eigenvalue weighted by Crippen LogP contribution is 2.29. The second-order valence-corrected chi connectivity index (χ2v) is 6.39. The Hall–Kier alpha value is -3.33. The second-order valence-electron chi connectivity index (χ2n) is 6.03. The molecule has 0 radical (unpaired) electrons. The first kappa shape index (κ1) is 18.5. The van der Waals surface area contributed by atoms with Crippen molar-refractivity contribution in [1.82, 2.24) is 9.80 Å². The first-order valence-corrected chi connectivity index (χ1v) is 8.28.